The summed E-state index contributed by atoms with van der Waals surface area (Å²) in [4.78, 5) is 0. The van der Waals surface area contributed by atoms with Gasteiger partial charge in [-0.3, -0.25) is 4.68 Å². The number of rotatable bonds is 3. The average Bonchev–Trinajstić information content (AvgIpc) is 2.85. The van der Waals surface area contributed by atoms with E-state index in [1.54, 1.807) is 11.8 Å². The quantitative estimate of drug-likeness (QED) is 0.862. The molecule has 1 fully saturated rings. The van der Waals surface area contributed by atoms with Gasteiger partial charge in [0, 0.05) is 14.2 Å². The fraction of sp³-hybridized carbons (Fsp3) is 0.667. The highest BCUT2D eigenvalue weighted by molar-refractivity contribution is 5.55. The minimum atomic E-state index is 0.233. The zero-order valence-electron chi connectivity index (χ0n) is 10.5. The van der Waals surface area contributed by atoms with Gasteiger partial charge in [0.15, 0.2) is 0 Å². The molecule has 2 unspecified atom stereocenters. The Morgan fingerprint density at radius 3 is 2.94 bits per heavy atom. The summed E-state index contributed by atoms with van der Waals surface area (Å²) in [6.45, 7) is 1.85. The molecule has 2 rings (SSSR count). The van der Waals surface area contributed by atoms with E-state index in [9.17, 15) is 0 Å². The van der Waals surface area contributed by atoms with Crippen LogP contribution in [0.2, 0.25) is 0 Å². The number of aryl methyl sites for hydroxylation is 2. The minimum Gasteiger partial charge on any atom is -0.379 e. The fourth-order valence-corrected chi connectivity index (χ4v) is 2.51. The maximum Gasteiger partial charge on any atom is 0.142 e. The van der Waals surface area contributed by atoms with Gasteiger partial charge in [-0.05, 0) is 26.2 Å². The molecule has 1 aliphatic rings. The number of nitrogens with zero attached hydrogens (tertiary/aromatic N) is 3. The van der Waals surface area contributed by atoms with Gasteiger partial charge in [-0.25, -0.2) is 0 Å². The molecule has 0 radical (unpaired) electrons. The molecular weight excluding hydrogens is 216 g/mol. The molecule has 17 heavy (non-hydrogen) atoms. The third kappa shape index (κ3) is 2.13. The Labute approximate surface area is 101 Å². The molecule has 92 valence electrons. The van der Waals surface area contributed by atoms with Crippen LogP contribution in [-0.2, 0) is 11.8 Å². The van der Waals surface area contributed by atoms with Gasteiger partial charge in [-0.15, -0.1) is 0 Å². The zero-order valence-corrected chi connectivity index (χ0v) is 10.5. The summed E-state index contributed by atoms with van der Waals surface area (Å²) in [6.07, 6.45) is 3.55. The van der Waals surface area contributed by atoms with Crippen molar-refractivity contribution in [1.82, 2.24) is 9.78 Å². The van der Waals surface area contributed by atoms with Gasteiger partial charge < -0.3 is 10.1 Å². The number of nitrogens with one attached hydrogen (secondary N) is 1. The lowest BCUT2D eigenvalue weighted by atomic mass is 10.2. The first-order valence-corrected chi connectivity index (χ1v) is 5.90. The maximum atomic E-state index is 9.14. The van der Waals surface area contributed by atoms with E-state index in [1.165, 1.54) is 0 Å². The molecule has 0 aliphatic heterocycles. The predicted octanol–water partition coefficient (Wildman–Crippen LogP) is 1.58. The van der Waals surface area contributed by atoms with Gasteiger partial charge in [0.2, 0.25) is 0 Å². The van der Waals surface area contributed by atoms with Crippen molar-refractivity contribution in [2.45, 2.75) is 38.3 Å². The van der Waals surface area contributed by atoms with Gasteiger partial charge in [-0.1, -0.05) is 0 Å². The van der Waals surface area contributed by atoms with E-state index < -0.39 is 0 Å². The first-order chi connectivity index (χ1) is 8.17. The fourth-order valence-electron chi connectivity index (χ4n) is 2.51. The summed E-state index contributed by atoms with van der Waals surface area (Å²) in [5.74, 6) is 0.805. The molecule has 0 saturated heterocycles. The van der Waals surface area contributed by atoms with Crippen molar-refractivity contribution in [1.29, 1.82) is 5.26 Å². The molecule has 1 saturated carbocycles. The van der Waals surface area contributed by atoms with Crippen LogP contribution in [0.15, 0.2) is 0 Å². The van der Waals surface area contributed by atoms with Crippen molar-refractivity contribution < 1.29 is 4.74 Å². The molecule has 5 nitrogen and oxygen atoms in total. The number of anilines is 1. The lowest BCUT2D eigenvalue weighted by Gasteiger charge is -2.20. The van der Waals surface area contributed by atoms with Crippen molar-refractivity contribution >= 4 is 5.82 Å². The summed E-state index contributed by atoms with van der Waals surface area (Å²) in [7, 11) is 3.59. The summed E-state index contributed by atoms with van der Waals surface area (Å²) < 4.78 is 7.18. The third-order valence-electron chi connectivity index (χ3n) is 3.41. The van der Waals surface area contributed by atoms with Crippen molar-refractivity contribution in [2.24, 2.45) is 7.05 Å². The van der Waals surface area contributed by atoms with E-state index in [-0.39, 0.29) is 12.1 Å². The summed E-state index contributed by atoms with van der Waals surface area (Å²) >= 11 is 0. The van der Waals surface area contributed by atoms with Gasteiger partial charge in [-0.2, -0.15) is 10.4 Å². The third-order valence-corrected chi connectivity index (χ3v) is 3.41. The van der Waals surface area contributed by atoms with Crippen LogP contribution in [0.5, 0.6) is 0 Å². The monoisotopic (exact) mass is 234 g/mol. The van der Waals surface area contributed by atoms with Crippen LogP contribution in [0.4, 0.5) is 5.82 Å². The minimum absolute atomic E-state index is 0.233. The average molecular weight is 234 g/mol. The van der Waals surface area contributed by atoms with Crippen molar-refractivity contribution in [3.05, 3.63) is 11.3 Å². The second kappa shape index (κ2) is 4.76. The van der Waals surface area contributed by atoms with Crippen LogP contribution < -0.4 is 5.32 Å². The molecule has 5 heteroatoms. The predicted molar refractivity (Wildman–Crippen MR) is 64.7 cm³/mol. The van der Waals surface area contributed by atoms with Crippen LogP contribution in [0.1, 0.15) is 30.5 Å². The summed E-state index contributed by atoms with van der Waals surface area (Å²) in [6, 6.07) is 2.48. The van der Waals surface area contributed by atoms with E-state index in [0.717, 1.165) is 30.8 Å². The Morgan fingerprint density at radius 1 is 1.53 bits per heavy atom. The first kappa shape index (κ1) is 11.9. The smallest absolute Gasteiger partial charge is 0.142 e. The van der Waals surface area contributed by atoms with Crippen molar-refractivity contribution in [3.63, 3.8) is 0 Å². The van der Waals surface area contributed by atoms with Gasteiger partial charge in [0.1, 0.15) is 17.5 Å². The van der Waals surface area contributed by atoms with Gasteiger partial charge in [0.05, 0.1) is 17.8 Å². The van der Waals surface area contributed by atoms with Crippen molar-refractivity contribution in [2.75, 3.05) is 12.4 Å². The molecule has 1 aliphatic carbocycles. The van der Waals surface area contributed by atoms with Crippen LogP contribution >= 0.6 is 0 Å². The molecule has 1 aromatic heterocycles. The molecule has 2 atom stereocenters. The number of hydrogen-bond donors (Lipinski definition) is 1. The number of aromatic nitrogens is 2. The Kier molecular flexibility index (Phi) is 3.34. The highest BCUT2D eigenvalue weighted by Gasteiger charge is 2.28. The molecule has 0 amide bonds. The highest BCUT2D eigenvalue weighted by atomic mass is 16.5. The van der Waals surface area contributed by atoms with E-state index in [1.807, 2.05) is 14.0 Å². The number of ether oxygens (including phenoxy) is 1. The standard InChI is InChI=1S/C12H18N4O/c1-8-9(7-13)12(16(2)15-8)14-10-5-4-6-11(10)17-3/h10-11,14H,4-6H2,1-3H3. The first-order valence-electron chi connectivity index (χ1n) is 5.90. The maximum absolute atomic E-state index is 9.14. The molecule has 1 heterocycles. The Balaban J connectivity index is 2.21. The molecule has 1 aromatic rings. The van der Waals surface area contributed by atoms with Crippen molar-refractivity contribution in [3.8, 4) is 6.07 Å². The number of nitriles is 1. The Morgan fingerprint density at radius 2 is 2.29 bits per heavy atom. The largest absolute Gasteiger partial charge is 0.379 e. The molecule has 1 N–H and O–H groups in total. The summed E-state index contributed by atoms with van der Waals surface area (Å²) in [5, 5.41) is 16.8. The van der Waals surface area contributed by atoms with E-state index in [0.29, 0.717) is 5.56 Å². The van der Waals surface area contributed by atoms with E-state index >= 15 is 0 Å². The second-order valence-electron chi connectivity index (χ2n) is 4.50. The van der Waals surface area contributed by atoms with Gasteiger partial charge >= 0.3 is 0 Å². The second-order valence-corrected chi connectivity index (χ2v) is 4.50. The normalized spacial score (nSPS) is 23.6. The van der Waals surface area contributed by atoms with Crippen LogP contribution in [0.3, 0.4) is 0 Å². The van der Waals surface area contributed by atoms with E-state index in [2.05, 4.69) is 16.5 Å². The molecule has 0 aromatic carbocycles. The zero-order chi connectivity index (χ0) is 12.4. The topological polar surface area (TPSA) is 62.9 Å². The van der Waals surface area contributed by atoms with Gasteiger partial charge in [0.25, 0.3) is 0 Å². The summed E-state index contributed by atoms with van der Waals surface area (Å²) in [5.41, 5.74) is 1.40. The number of methoxy groups -OCH3 is 1. The molecule has 0 bridgehead atoms. The number of hydrogen-bond acceptors (Lipinski definition) is 4. The Bertz CT molecular complexity index is 446. The molecule has 0 spiro atoms. The van der Waals surface area contributed by atoms with Crippen LogP contribution in [0, 0.1) is 18.3 Å². The SMILES string of the molecule is COC1CCCC1Nc1c(C#N)c(C)nn1C. The molecular formula is C12H18N4O. The van der Waals surface area contributed by atoms with Crippen LogP contribution in [-0.4, -0.2) is 29.0 Å². The Hall–Kier alpha value is -1.54. The van der Waals surface area contributed by atoms with E-state index in [4.69, 9.17) is 10.00 Å². The highest BCUT2D eigenvalue weighted by Crippen LogP contribution is 2.27. The van der Waals surface area contributed by atoms with Crippen LogP contribution in [0.25, 0.3) is 0 Å². The lowest BCUT2D eigenvalue weighted by Crippen LogP contribution is -2.30. The lowest BCUT2D eigenvalue weighted by molar-refractivity contribution is 0.101.